The van der Waals surface area contributed by atoms with E-state index in [2.05, 4.69) is 25.9 Å². The van der Waals surface area contributed by atoms with Crippen molar-refractivity contribution in [2.75, 3.05) is 0 Å². The van der Waals surface area contributed by atoms with Gasteiger partial charge in [-0.2, -0.15) is 18.2 Å². The molecule has 2 aromatic rings. The molecule has 0 aliphatic heterocycles. The summed E-state index contributed by atoms with van der Waals surface area (Å²) in [6.45, 7) is 0. The molecule has 0 saturated carbocycles. The highest BCUT2D eigenvalue weighted by molar-refractivity contribution is 9.10. The Balaban J connectivity index is 2.22. The van der Waals surface area contributed by atoms with E-state index >= 15 is 0 Å². The van der Waals surface area contributed by atoms with E-state index in [0.29, 0.717) is 5.75 Å². The predicted molar refractivity (Wildman–Crippen MR) is 61.3 cm³/mol. The van der Waals surface area contributed by atoms with Crippen molar-refractivity contribution in [1.29, 1.82) is 0 Å². The Hall–Kier alpha value is -1.63. The van der Waals surface area contributed by atoms with Crippen molar-refractivity contribution < 1.29 is 17.9 Å². The zero-order valence-electron chi connectivity index (χ0n) is 8.78. The van der Waals surface area contributed by atoms with Crippen molar-refractivity contribution in [1.82, 2.24) is 9.97 Å². The van der Waals surface area contributed by atoms with Crippen molar-refractivity contribution in [2.45, 2.75) is 6.18 Å². The second-order valence-electron chi connectivity index (χ2n) is 3.28. The third-order valence-electron chi connectivity index (χ3n) is 1.95. The van der Waals surface area contributed by atoms with Crippen LogP contribution in [0.15, 0.2) is 41.0 Å². The summed E-state index contributed by atoms with van der Waals surface area (Å²) in [5.41, 5.74) is -1.04. The number of halogens is 4. The summed E-state index contributed by atoms with van der Waals surface area (Å²) in [7, 11) is 0. The molecule has 7 heteroatoms. The predicted octanol–water partition coefficient (Wildman–Crippen LogP) is 4.05. The summed E-state index contributed by atoms with van der Waals surface area (Å²) in [6.07, 6.45) is -3.51. The lowest BCUT2D eigenvalue weighted by Gasteiger charge is -2.07. The SMILES string of the molecule is FC(F)(F)c1ccnc(Oc2ccc(Br)cc2)n1. The molecule has 18 heavy (non-hydrogen) atoms. The maximum atomic E-state index is 12.4. The first-order chi connectivity index (χ1) is 8.45. The molecule has 1 aromatic carbocycles. The summed E-state index contributed by atoms with van der Waals surface area (Å²) >= 11 is 3.23. The second-order valence-corrected chi connectivity index (χ2v) is 4.19. The minimum atomic E-state index is -4.51. The van der Waals surface area contributed by atoms with Crippen molar-refractivity contribution in [3.8, 4) is 11.8 Å². The van der Waals surface area contributed by atoms with Crippen LogP contribution in [0.3, 0.4) is 0 Å². The van der Waals surface area contributed by atoms with Crippen LogP contribution in [-0.2, 0) is 6.18 Å². The summed E-state index contributed by atoms with van der Waals surface area (Å²) in [5.74, 6) is 0.359. The van der Waals surface area contributed by atoms with Gasteiger partial charge in [0.15, 0.2) is 5.69 Å². The van der Waals surface area contributed by atoms with E-state index in [9.17, 15) is 13.2 Å². The highest BCUT2D eigenvalue weighted by Gasteiger charge is 2.33. The topological polar surface area (TPSA) is 35.0 Å². The van der Waals surface area contributed by atoms with Gasteiger partial charge in [0.2, 0.25) is 0 Å². The largest absolute Gasteiger partial charge is 0.433 e. The Bertz CT molecular complexity index is 543. The van der Waals surface area contributed by atoms with Gasteiger partial charge in [0.25, 0.3) is 0 Å². The van der Waals surface area contributed by atoms with Gasteiger partial charge in [-0.1, -0.05) is 15.9 Å². The third kappa shape index (κ3) is 3.19. The highest BCUT2D eigenvalue weighted by atomic mass is 79.9. The molecular weight excluding hydrogens is 313 g/mol. The van der Waals surface area contributed by atoms with Gasteiger partial charge < -0.3 is 4.74 Å². The number of nitrogens with zero attached hydrogens (tertiary/aromatic N) is 2. The summed E-state index contributed by atoms with van der Waals surface area (Å²) in [4.78, 5) is 6.92. The molecule has 0 aliphatic rings. The molecule has 0 spiro atoms. The highest BCUT2D eigenvalue weighted by Crippen LogP contribution is 2.29. The van der Waals surface area contributed by atoms with Gasteiger partial charge in [-0.05, 0) is 30.3 Å². The fourth-order valence-electron chi connectivity index (χ4n) is 1.16. The van der Waals surface area contributed by atoms with Crippen LogP contribution in [0.25, 0.3) is 0 Å². The van der Waals surface area contributed by atoms with E-state index in [1.54, 1.807) is 24.3 Å². The molecule has 3 nitrogen and oxygen atoms in total. The molecule has 2 rings (SSSR count). The average Bonchev–Trinajstić information content (AvgIpc) is 2.31. The molecule has 0 bridgehead atoms. The first-order valence-corrected chi connectivity index (χ1v) is 5.58. The van der Waals surface area contributed by atoms with Crippen LogP contribution in [0.4, 0.5) is 13.2 Å². The zero-order chi connectivity index (χ0) is 13.2. The molecule has 0 fully saturated rings. The Labute approximate surface area is 109 Å². The maximum absolute atomic E-state index is 12.4. The van der Waals surface area contributed by atoms with Crippen LogP contribution in [0, 0.1) is 0 Å². The minimum absolute atomic E-state index is 0.341. The molecule has 0 unspecified atom stereocenters. The second kappa shape index (κ2) is 4.93. The van der Waals surface area contributed by atoms with Crippen LogP contribution in [0.2, 0.25) is 0 Å². The molecule has 0 radical (unpaired) electrons. The number of hydrogen-bond donors (Lipinski definition) is 0. The number of alkyl halides is 3. The van der Waals surface area contributed by atoms with Crippen molar-refractivity contribution in [3.63, 3.8) is 0 Å². The van der Waals surface area contributed by atoms with Crippen LogP contribution in [0.5, 0.6) is 11.8 Å². The Morgan fingerprint density at radius 2 is 1.72 bits per heavy atom. The fraction of sp³-hybridized carbons (Fsp3) is 0.0909. The smallest absolute Gasteiger partial charge is 0.424 e. The molecule has 0 aliphatic carbocycles. The monoisotopic (exact) mass is 318 g/mol. The zero-order valence-corrected chi connectivity index (χ0v) is 10.4. The number of rotatable bonds is 2. The lowest BCUT2D eigenvalue weighted by molar-refractivity contribution is -0.141. The lowest BCUT2D eigenvalue weighted by atomic mass is 10.3. The van der Waals surface area contributed by atoms with Crippen LogP contribution < -0.4 is 4.74 Å². The fourth-order valence-corrected chi connectivity index (χ4v) is 1.42. The van der Waals surface area contributed by atoms with Gasteiger partial charge in [0, 0.05) is 10.7 Å². The number of hydrogen-bond acceptors (Lipinski definition) is 3. The lowest BCUT2D eigenvalue weighted by Crippen LogP contribution is -2.08. The minimum Gasteiger partial charge on any atom is -0.424 e. The molecule has 0 atom stereocenters. The maximum Gasteiger partial charge on any atom is 0.433 e. The molecule has 94 valence electrons. The molecule has 0 saturated heterocycles. The molecule has 0 N–H and O–H groups in total. The summed E-state index contributed by atoms with van der Waals surface area (Å²) < 4.78 is 43.2. The Morgan fingerprint density at radius 1 is 1.06 bits per heavy atom. The standard InChI is InChI=1S/C11H6BrF3N2O/c12-7-1-3-8(4-2-7)18-10-16-6-5-9(17-10)11(13,14)15/h1-6H. The van der Waals surface area contributed by atoms with Gasteiger partial charge >= 0.3 is 12.2 Å². The van der Waals surface area contributed by atoms with Crippen LogP contribution in [0.1, 0.15) is 5.69 Å². The first-order valence-electron chi connectivity index (χ1n) is 4.79. The van der Waals surface area contributed by atoms with Crippen LogP contribution in [-0.4, -0.2) is 9.97 Å². The molecule has 1 heterocycles. The number of ether oxygens (including phenoxy) is 1. The van der Waals surface area contributed by atoms with E-state index in [4.69, 9.17) is 4.74 Å². The summed E-state index contributed by atoms with van der Waals surface area (Å²) in [6, 6.07) is 7.02. The Morgan fingerprint density at radius 3 is 2.33 bits per heavy atom. The van der Waals surface area contributed by atoms with Crippen molar-refractivity contribution in [2.24, 2.45) is 0 Å². The summed E-state index contributed by atoms with van der Waals surface area (Å²) in [5, 5.41) is 0. The van der Waals surface area contributed by atoms with E-state index in [-0.39, 0.29) is 6.01 Å². The van der Waals surface area contributed by atoms with Crippen LogP contribution >= 0.6 is 15.9 Å². The van der Waals surface area contributed by atoms with Gasteiger partial charge in [-0.15, -0.1) is 0 Å². The molecule has 0 amide bonds. The molecule has 1 aromatic heterocycles. The first kappa shape index (κ1) is 12.8. The van der Waals surface area contributed by atoms with E-state index in [1.165, 1.54) is 0 Å². The van der Waals surface area contributed by atoms with Gasteiger partial charge in [-0.3, -0.25) is 0 Å². The average molecular weight is 319 g/mol. The van der Waals surface area contributed by atoms with Gasteiger partial charge in [0.05, 0.1) is 0 Å². The van der Waals surface area contributed by atoms with Crippen molar-refractivity contribution >= 4 is 15.9 Å². The molecular formula is C11H6BrF3N2O. The van der Waals surface area contributed by atoms with E-state index < -0.39 is 11.9 Å². The number of aromatic nitrogens is 2. The van der Waals surface area contributed by atoms with Crippen molar-refractivity contribution in [3.05, 3.63) is 46.7 Å². The van der Waals surface area contributed by atoms with Gasteiger partial charge in [-0.25, -0.2) is 4.98 Å². The number of benzene rings is 1. The normalized spacial score (nSPS) is 11.3. The van der Waals surface area contributed by atoms with Gasteiger partial charge in [0.1, 0.15) is 5.75 Å². The van der Waals surface area contributed by atoms with E-state index in [1.807, 2.05) is 0 Å². The third-order valence-corrected chi connectivity index (χ3v) is 2.48. The Kier molecular flexibility index (Phi) is 3.51. The quantitative estimate of drug-likeness (QED) is 0.837. The van der Waals surface area contributed by atoms with E-state index in [0.717, 1.165) is 16.7 Å².